The quantitative estimate of drug-likeness (QED) is 0.510. The minimum Gasteiger partial charge on any atom is -0.381 e. The van der Waals surface area contributed by atoms with Crippen LogP contribution in [0.25, 0.3) is 16.7 Å². The Bertz CT molecular complexity index is 1490. The molecule has 2 aliphatic rings. The lowest BCUT2D eigenvalue weighted by Crippen LogP contribution is -2.29. The van der Waals surface area contributed by atoms with Gasteiger partial charge in [-0.15, -0.1) is 10.2 Å². The molecule has 6 rings (SSSR count). The van der Waals surface area contributed by atoms with Gasteiger partial charge in [0.2, 0.25) is 5.65 Å². The van der Waals surface area contributed by atoms with Gasteiger partial charge in [-0.2, -0.15) is 0 Å². The number of rotatable bonds is 2. The van der Waals surface area contributed by atoms with Gasteiger partial charge in [0, 0.05) is 36.9 Å². The molecule has 2 aromatic carbocycles. The molecule has 0 aliphatic carbocycles. The molecule has 1 saturated heterocycles. The van der Waals surface area contributed by atoms with Gasteiger partial charge in [0.05, 0.1) is 11.0 Å². The van der Waals surface area contributed by atoms with E-state index in [-0.39, 0.29) is 28.8 Å². The SMILES string of the molecule is Cc1cc2[nH]c(=O)c3nnc(C4CCOCC4)n3c2cc1C(=O)N1CCc2cc(F)ccc21. The average molecular weight is 447 g/mol. The van der Waals surface area contributed by atoms with Crippen molar-refractivity contribution in [1.29, 1.82) is 0 Å². The first-order chi connectivity index (χ1) is 16.0. The normalized spacial score (nSPS) is 16.6. The number of hydrogen-bond acceptors (Lipinski definition) is 5. The van der Waals surface area contributed by atoms with Crippen molar-refractivity contribution >= 4 is 28.3 Å². The van der Waals surface area contributed by atoms with Crippen molar-refractivity contribution in [1.82, 2.24) is 19.6 Å². The number of hydrogen-bond donors (Lipinski definition) is 1. The van der Waals surface area contributed by atoms with Gasteiger partial charge in [-0.25, -0.2) is 4.39 Å². The number of ether oxygens (including phenoxy) is 1. The Hall–Kier alpha value is -3.59. The molecule has 33 heavy (non-hydrogen) atoms. The maximum atomic E-state index is 13.6. The highest BCUT2D eigenvalue weighted by atomic mass is 19.1. The maximum absolute atomic E-state index is 13.6. The Morgan fingerprint density at radius 2 is 2.00 bits per heavy atom. The van der Waals surface area contributed by atoms with Gasteiger partial charge in [-0.1, -0.05) is 0 Å². The number of benzene rings is 2. The number of amides is 1. The Labute approximate surface area is 188 Å². The van der Waals surface area contributed by atoms with Gasteiger partial charge >= 0.3 is 0 Å². The number of H-pyrrole nitrogens is 1. The third-order valence-electron chi connectivity index (χ3n) is 6.72. The van der Waals surface area contributed by atoms with E-state index in [1.807, 2.05) is 19.1 Å². The molecule has 1 amide bonds. The molecule has 0 atom stereocenters. The lowest BCUT2D eigenvalue weighted by atomic mass is 9.99. The van der Waals surface area contributed by atoms with E-state index < -0.39 is 0 Å². The van der Waals surface area contributed by atoms with Crippen LogP contribution in [0.15, 0.2) is 35.1 Å². The van der Waals surface area contributed by atoms with Crippen LogP contribution in [0.5, 0.6) is 0 Å². The van der Waals surface area contributed by atoms with Crippen molar-refractivity contribution in [3.8, 4) is 0 Å². The molecule has 2 aliphatic heterocycles. The zero-order chi connectivity index (χ0) is 22.7. The summed E-state index contributed by atoms with van der Waals surface area (Å²) in [4.78, 5) is 30.8. The van der Waals surface area contributed by atoms with Crippen molar-refractivity contribution < 1.29 is 13.9 Å². The average Bonchev–Trinajstić information content (AvgIpc) is 3.44. The van der Waals surface area contributed by atoms with E-state index in [4.69, 9.17) is 4.74 Å². The largest absolute Gasteiger partial charge is 0.381 e. The fourth-order valence-corrected chi connectivity index (χ4v) is 5.02. The van der Waals surface area contributed by atoms with Crippen molar-refractivity contribution in [3.63, 3.8) is 0 Å². The van der Waals surface area contributed by atoms with Crippen molar-refractivity contribution in [3.05, 3.63) is 69.0 Å². The summed E-state index contributed by atoms with van der Waals surface area (Å²) in [5, 5.41) is 8.50. The zero-order valence-electron chi connectivity index (χ0n) is 18.1. The number of nitrogens with one attached hydrogen (secondary N) is 1. The lowest BCUT2D eigenvalue weighted by Gasteiger charge is -2.21. The molecule has 1 N–H and O–H groups in total. The van der Waals surface area contributed by atoms with Crippen LogP contribution in [-0.2, 0) is 11.2 Å². The van der Waals surface area contributed by atoms with Gasteiger partial charge < -0.3 is 14.6 Å². The molecule has 8 nitrogen and oxygen atoms in total. The molecule has 0 spiro atoms. The van der Waals surface area contributed by atoms with Crippen molar-refractivity contribution in [2.45, 2.75) is 32.1 Å². The number of fused-ring (bicyclic) bond motifs is 4. The van der Waals surface area contributed by atoms with Crippen LogP contribution < -0.4 is 10.5 Å². The molecular weight excluding hydrogens is 425 g/mol. The molecule has 0 unspecified atom stereocenters. The third-order valence-corrected chi connectivity index (χ3v) is 6.72. The van der Waals surface area contributed by atoms with Gasteiger partial charge in [0.15, 0.2) is 0 Å². The van der Waals surface area contributed by atoms with Crippen molar-refractivity contribution in [2.24, 2.45) is 0 Å². The van der Waals surface area contributed by atoms with Gasteiger partial charge in [0.1, 0.15) is 11.6 Å². The molecular formula is C24H22FN5O3. The Balaban J connectivity index is 1.51. The monoisotopic (exact) mass is 447 g/mol. The lowest BCUT2D eigenvalue weighted by molar-refractivity contribution is 0.0834. The van der Waals surface area contributed by atoms with E-state index in [9.17, 15) is 14.0 Å². The minimum absolute atomic E-state index is 0.125. The number of aromatic amines is 1. The third kappa shape index (κ3) is 3.14. The highest BCUT2D eigenvalue weighted by molar-refractivity contribution is 6.09. The number of aryl methyl sites for hydroxylation is 1. The van der Waals surface area contributed by atoms with E-state index in [1.165, 1.54) is 12.1 Å². The first-order valence-corrected chi connectivity index (χ1v) is 11.1. The predicted molar refractivity (Wildman–Crippen MR) is 120 cm³/mol. The number of carbonyl (C=O) groups excluding carboxylic acids is 1. The van der Waals surface area contributed by atoms with Gasteiger partial charge in [0.25, 0.3) is 11.5 Å². The predicted octanol–water partition coefficient (Wildman–Crippen LogP) is 3.12. The second-order valence-corrected chi connectivity index (χ2v) is 8.72. The number of aromatic nitrogens is 4. The number of nitrogens with zero attached hydrogens (tertiary/aromatic N) is 4. The summed E-state index contributed by atoms with van der Waals surface area (Å²) in [5.41, 5.74) is 4.05. The first kappa shape index (κ1) is 20.0. The summed E-state index contributed by atoms with van der Waals surface area (Å²) in [6.45, 7) is 3.62. The Kier molecular flexibility index (Phi) is 4.55. The summed E-state index contributed by atoms with van der Waals surface area (Å²) in [5.74, 6) is 0.387. The van der Waals surface area contributed by atoms with Crippen molar-refractivity contribution in [2.75, 3.05) is 24.7 Å². The summed E-state index contributed by atoms with van der Waals surface area (Å²) in [7, 11) is 0. The molecule has 0 saturated carbocycles. The molecule has 0 radical (unpaired) electrons. The Morgan fingerprint density at radius 1 is 1.18 bits per heavy atom. The number of halogens is 1. The summed E-state index contributed by atoms with van der Waals surface area (Å²) in [6.07, 6.45) is 2.21. The maximum Gasteiger partial charge on any atom is 0.294 e. The number of carbonyl (C=O) groups is 1. The van der Waals surface area contributed by atoms with Crippen LogP contribution in [0.1, 0.15) is 46.1 Å². The summed E-state index contributed by atoms with van der Waals surface area (Å²) in [6, 6.07) is 8.15. The molecule has 9 heteroatoms. The van der Waals surface area contributed by atoms with E-state index in [2.05, 4.69) is 15.2 Å². The molecule has 168 valence electrons. The van der Waals surface area contributed by atoms with Crippen LogP contribution in [0.4, 0.5) is 10.1 Å². The summed E-state index contributed by atoms with van der Waals surface area (Å²) < 4.78 is 20.9. The molecule has 1 fully saturated rings. The zero-order valence-corrected chi connectivity index (χ0v) is 18.1. The van der Waals surface area contributed by atoms with Crippen LogP contribution in [0.3, 0.4) is 0 Å². The van der Waals surface area contributed by atoms with E-state index in [0.29, 0.717) is 48.6 Å². The minimum atomic E-state index is -0.317. The fourth-order valence-electron chi connectivity index (χ4n) is 5.02. The van der Waals surface area contributed by atoms with E-state index >= 15 is 0 Å². The molecule has 4 heterocycles. The van der Waals surface area contributed by atoms with E-state index in [0.717, 1.165) is 29.7 Å². The van der Waals surface area contributed by atoms with Crippen LogP contribution in [0.2, 0.25) is 0 Å². The van der Waals surface area contributed by atoms with Gasteiger partial charge in [-0.3, -0.25) is 14.0 Å². The molecule has 2 aromatic heterocycles. The smallest absolute Gasteiger partial charge is 0.294 e. The fraction of sp³-hybridized carbons (Fsp3) is 0.333. The molecule has 4 aromatic rings. The van der Waals surface area contributed by atoms with Gasteiger partial charge in [-0.05, 0) is 67.6 Å². The topological polar surface area (TPSA) is 92.6 Å². The molecule has 0 bridgehead atoms. The van der Waals surface area contributed by atoms with Crippen LogP contribution in [-0.4, -0.2) is 45.2 Å². The second-order valence-electron chi connectivity index (χ2n) is 8.72. The second kappa shape index (κ2) is 7.48. The summed E-state index contributed by atoms with van der Waals surface area (Å²) >= 11 is 0. The van der Waals surface area contributed by atoms with E-state index in [1.54, 1.807) is 15.4 Å². The Morgan fingerprint density at radius 3 is 2.82 bits per heavy atom. The highest BCUT2D eigenvalue weighted by Gasteiger charge is 2.28. The van der Waals surface area contributed by atoms with Crippen LogP contribution >= 0.6 is 0 Å². The number of anilines is 1. The first-order valence-electron chi connectivity index (χ1n) is 11.1. The van der Waals surface area contributed by atoms with Crippen LogP contribution in [0, 0.1) is 12.7 Å². The highest BCUT2D eigenvalue weighted by Crippen LogP contribution is 2.32. The standard InChI is InChI=1S/C24H22FN5O3/c1-13-10-18-20(12-17(13)24(32)29-7-4-15-11-16(25)2-3-19(15)29)30-21(14-5-8-33-9-6-14)27-28-22(30)23(31)26-18/h2-3,10-12,14H,4-9H2,1H3,(H,26,31).